The number of hydrogen-bond donors (Lipinski definition) is 0. The minimum atomic E-state index is -3.01. The van der Waals surface area contributed by atoms with E-state index in [4.69, 9.17) is 4.74 Å². The van der Waals surface area contributed by atoms with Crippen molar-refractivity contribution in [1.82, 2.24) is 19.9 Å². The van der Waals surface area contributed by atoms with Gasteiger partial charge < -0.3 is 4.74 Å². The molecule has 2 aromatic heterocycles. The third-order valence-corrected chi connectivity index (χ3v) is 8.84. The van der Waals surface area contributed by atoms with E-state index in [1.807, 2.05) is 17.5 Å². The number of nitrogens with zero attached hydrogens (tertiary/aromatic N) is 4. The van der Waals surface area contributed by atoms with Crippen molar-refractivity contribution in [2.45, 2.75) is 70.7 Å². The van der Waals surface area contributed by atoms with Gasteiger partial charge in [-0.1, -0.05) is 19.1 Å². The number of likely N-dealkylation sites (tertiary alicyclic amines) is 1. The van der Waals surface area contributed by atoms with Gasteiger partial charge in [-0.2, -0.15) is 0 Å². The molecular formula is C21H32N4O3S2. The largest absolute Gasteiger partial charge is 0.369 e. The number of aromatic nitrogens is 3. The second-order valence-corrected chi connectivity index (χ2v) is 12.4. The van der Waals surface area contributed by atoms with Crippen LogP contribution >= 0.6 is 11.3 Å². The van der Waals surface area contributed by atoms with Crippen molar-refractivity contribution in [3.63, 3.8) is 0 Å². The Labute approximate surface area is 183 Å². The van der Waals surface area contributed by atoms with Crippen molar-refractivity contribution in [3.05, 3.63) is 33.3 Å². The lowest BCUT2D eigenvalue weighted by molar-refractivity contribution is -0.117. The van der Waals surface area contributed by atoms with Gasteiger partial charge in [0.15, 0.2) is 0 Å². The molecule has 1 fully saturated rings. The second kappa shape index (κ2) is 8.33. The molecule has 1 saturated heterocycles. The molecule has 0 N–H and O–H groups in total. The fraction of sp³-hybridized carbons (Fsp3) is 0.714. The molecule has 0 bridgehead atoms. The summed E-state index contributed by atoms with van der Waals surface area (Å²) in [6, 6.07) is 2.76. The second-order valence-electron chi connectivity index (χ2n) is 8.93. The molecule has 2 unspecified atom stereocenters. The molecule has 0 aromatic carbocycles. The Bertz CT molecular complexity index is 1000. The molecule has 0 amide bonds. The van der Waals surface area contributed by atoms with Crippen LogP contribution in [0.15, 0.2) is 12.3 Å². The Hall–Kier alpha value is -1.29. The fourth-order valence-corrected chi connectivity index (χ4v) is 6.39. The lowest BCUT2D eigenvalue weighted by atomic mass is 9.78. The molecule has 4 rings (SSSR count). The van der Waals surface area contributed by atoms with Crippen molar-refractivity contribution in [1.29, 1.82) is 0 Å². The first-order chi connectivity index (χ1) is 14.2. The number of fused-ring (bicyclic) bond motifs is 2. The monoisotopic (exact) mass is 452 g/mol. The van der Waals surface area contributed by atoms with E-state index in [9.17, 15) is 8.42 Å². The van der Waals surface area contributed by atoms with Crippen molar-refractivity contribution in [3.8, 4) is 0 Å². The molecule has 7 nitrogen and oxygen atoms in total. The van der Waals surface area contributed by atoms with Gasteiger partial charge in [0.1, 0.15) is 9.84 Å². The number of sulfone groups is 1. The predicted octanol–water partition coefficient (Wildman–Crippen LogP) is 2.96. The van der Waals surface area contributed by atoms with Crippen LogP contribution < -0.4 is 0 Å². The highest BCUT2D eigenvalue weighted by atomic mass is 32.2. The van der Waals surface area contributed by atoms with Crippen molar-refractivity contribution < 1.29 is 13.2 Å². The van der Waals surface area contributed by atoms with Crippen LogP contribution in [0.4, 0.5) is 0 Å². The summed E-state index contributed by atoms with van der Waals surface area (Å²) >= 11 is 1.97. The zero-order valence-corrected chi connectivity index (χ0v) is 19.9. The van der Waals surface area contributed by atoms with Crippen LogP contribution in [0.5, 0.6) is 0 Å². The van der Waals surface area contributed by atoms with E-state index in [0.717, 1.165) is 44.7 Å². The Kier molecular flexibility index (Phi) is 6.09. The molecule has 2 aliphatic heterocycles. The summed E-state index contributed by atoms with van der Waals surface area (Å²) < 4.78 is 30.9. The molecule has 9 heteroatoms. The number of rotatable bonds is 6. The standard InChI is InChI=1S/C21H32N4O3S2/c1-5-18-10-19-20(29-18)15(2)14-28-21(19)6-7-24(16(3)11-21)12-17-13-25(23-22-17)8-9-30(4,26)27/h10,13,15-16H,5-9,11-12,14H2,1-4H3/t15?,16-,21?/m0/s1. The molecule has 4 heterocycles. The molecule has 0 radical (unpaired) electrons. The zero-order chi connectivity index (χ0) is 21.5. The van der Waals surface area contributed by atoms with E-state index in [2.05, 4.69) is 42.0 Å². The topological polar surface area (TPSA) is 77.3 Å². The van der Waals surface area contributed by atoms with E-state index in [1.165, 1.54) is 21.6 Å². The number of thiophene rings is 1. The Morgan fingerprint density at radius 1 is 1.37 bits per heavy atom. The van der Waals surface area contributed by atoms with Crippen molar-refractivity contribution in [2.75, 3.05) is 25.2 Å². The van der Waals surface area contributed by atoms with Gasteiger partial charge >= 0.3 is 0 Å². The number of aryl methyl sites for hydroxylation is 2. The summed E-state index contributed by atoms with van der Waals surface area (Å²) in [7, 11) is -3.01. The van der Waals surface area contributed by atoms with Crippen LogP contribution in [-0.4, -0.2) is 59.5 Å². The van der Waals surface area contributed by atoms with Gasteiger partial charge in [-0.3, -0.25) is 9.58 Å². The van der Waals surface area contributed by atoms with Crippen LogP contribution in [0.2, 0.25) is 0 Å². The first kappa shape index (κ1) is 21.9. The lowest BCUT2D eigenvalue weighted by Gasteiger charge is -2.48. The van der Waals surface area contributed by atoms with E-state index in [1.54, 1.807) is 4.68 Å². The van der Waals surface area contributed by atoms with Crippen LogP contribution in [0.3, 0.4) is 0 Å². The summed E-state index contributed by atoms with van der Waals surface area (Å²) in [6.07, 6.45) is 6.16. The highest BCUT2D eigenvalue weighted by Gasteiger charge is 2.45. The molecule has 30 heavy (non-hydrogen) atoms. The average molecular weight is 453 g/mol. The van der Waals surface area contributed by atoms with Gasteiger partial charge in [0.05, 0.1) is 30.2 Å². The molecule has 0 aliphatic carbocycles. The average Bonchev–Trinajstić information content (AvgIpc) is 3.33. The van der Waals surface area contributed by atoms with Gasteiger partial charge in [0.25, 0.3) is 0 Å². The summed E-state index contributed by atoms with van der Waals surface area (Å²) in [5, 5.41) is 8.35. The third kappa shape index (κ3) is 4.49. The minimum absolute atomic E-state index is 0.0803. The Balaban J connectivity index is 1.44. The maximum absolute atomic E-state index is 11.4. The molecular weight excluding hydrogens is 420 g/mol. The van der Waals surface area contributed by atoms with Crippen molar-refractivity contribution >= 4 is 21.2 Å². The number of hydrogen-bond acceptors (Lipinski definition) is 7. The van der Waals surface area contributed by atoms with Crippen LogP contribution in [-0.2, 0) is 39.7 Å². The summed E-state index contributed by atoms with van der Waals surface area (Å²) in [5.74, 6) is 0.558. The van der Waals surface area contributed by atoms with E-state index in [-0.39, 0.29) is 11.4 Å². The SMILES string of the molecule is CCc1cc2c(s1)C(C)COC21CCN(Cc2cn(CCS(C)(=O)=O)nn2)[C@@H](C)C1. The number of ether oxygens (including phenoxy) is 1. The molecule has 0 saturated carbocycles. The molecule has 2 aliphatic rings. The highest BCUT2D eigenvalue weighted by Crippen LogP contribution is 2.49. The Morgan fingerprint density at radius 2 is 2.17 bits per heavy atom. The Morgan fingerprint density at radius 3 is 2.87 bits per heavy atom. The number of piperidine rings is 1. The van der Waals surface area contributed by atoms with Gasteiger partial charge in [-0.05, 0) is 37.8 Å². The van der Waals surface area contributed by atoms with Crippen LogP contribution in [0.1, 0.15) is 60.5 Å². The molecule has 3 atom stereocenters. The molecule has 166 valence electrons. The predicted molar refractivity (Wildman–Crippen MR) is 119 cm³/mol. The van der Waals surface area contributed by atoms with E-state index >= 15 is 0 Å². The molecule has 2 aromatic rings. The minimum Gasteiger partial charge on any atom is -0.369 e. The third-order valence-electron chi connectivity index (χ3n) is 6.40. The highest BCUT2D eigenvalue weighted by molar-refractivity contribution is 7.90. The van der Waals surface area contributed by atoms with Crippen LogP contribution in [0, 0.1) is 0 Å². The fourth-order valence-electron chi connectivity index (χ4n) is 4.64. The van der Waals surface area contributed by atoms with Crippen molar-refractivity contribution in [2.24, 2.45) is 0 Å². The summed E-state index contributed by atoms with van der Waals surface area (Å²) in [5.41, 5.74) is 2.16. The first-order valence-corrected chi connectivity index (χ1v) is 13.6. The molecule has 1 spiro atoms. The van der Waals surface area contributed by atoms with E-state index < -0.39 is 9.84 Å². The summed E-state index contributed by atoms with van der Waals surface area (Å²) in [6.45, 7) is 9.58. The maximum Gasteiger partial charge on any atom is 0.149 e. The van der Waals surface area contributed by atoms with Crippen LogP contribution in [0.25, 0.3) is 0 Å². The quantitative estimate of drug-likeness (QED) is 0.671. The van der Waals surface area contributed by atoms with Gasteiger partial charge in [-0.25, -0.2) is 8.42 Å². The zero-order valence-electron chi connectivity index (χ0n) is 18.3. The lowest BCUT2D eigenvalue weighted by Crippen LogP contribution is -2.50. The van der Waals surface area contributed by atoms with Gasteiger partial charge in [0, 0.05) is 47.3 Å². The normalized spacial score (nSPS) is 27.5. The first-order valence-electron chi connectivity index (χ1n) is 10.8. The summed E-state index contributed by atoms with van der Waals surface area (Å²) in [4.78, 5) is 5.41. The smallest absolute Gasteiger partial charge is 0.149 e. The van der Waals surface area contributed by atoms with E-state index in [0.29, 0.717) is 18.5 Å². The van der Waals surface area contributed by atoms with Gasteiger partial charge in [-0.15, -0.1) is 16.4 Å². The van der Waals surface area contributed by atoms with Gasteiger partial charge in [0.2, 0.25) is 0 Å². The maximum atomic E-state index is 11.4.